The summed E-state index contributed by atoms with van der Waals surface area (Å²) in [6, 6.07) is 8.16. The van der Waals surface area contributed by atoms with E-state index >= 15 is 0 Å². The Hall–Kier alpha value is -1.63. The van der Waals surface area contributed by atoms with Crippen molar-refractivity contribution in [3.8, 4) is 0 Å². The maximum absolute atomic E-state index is 12.6. The molecule has 112 valence electrons. The zero-order valence-corrected chi connectivity index (χ0v) is 10.7. The van der Waals surface area contributed by atoms with Crippen molar-refractivity contribution in [1.82, 2.24) is 5.32 Å². The number of carbonyl (C=O) groups excluding carboxylic acids is 1. The van der Waals surface area contributed by atoms with Crippen molar-refractivity contribution >= 4 is 5.91 Å². The van der Waals surface area contributed by atoms with Crippen LogP contribution >= 0.6 is 0 Å². The summed E-state index contributed by atoms with van der Waals surface area (Å²) in [4.78, 5) is 11.4. The van der Waals surface area contributed by atoms with Crippen molar-refractivity contribution in [3.05, 3.63) is 35.9 Å². The minimum atomic E-state index is -4.24. The zero-order chi connectivity index (χ0) is 15.2. The maximum Gasteiger partial charge on any atom is 0.324 e. The molecule has 0 aromatic heterocycles. The Morgan fingerprint density at radius 1 is 1.25 bits per heavy atom. The average Bonchev–Trinajstić information content (AvgIpc) is 2.43. The van der Waals surface area contributed by atoms with Crippen LogP contribution in [-0.4, -0.2) is 30.8 Å². The van der Waals surface area contributed by atoms with E-state index in [1.165, 1.54) is 0 Å². The summed E-state index contributed by atoms with van der Waals surface area (Å²) in [6.45, 7) is -1.41. The molecule has 0 aliphatic carbocycles. The third-order valence-corrected chi connectivity index (χ3v) is 2.74. The fraction of sp³-hybridized carbons (Fsp3) is 0.462. The van der Waals surface area contributed by atoms with E-state index in [0.717, 1.165) is 5.56 Å². The fourth-order valence-corrected chi connectivity index (χ4v) is 1.51. The number of aryl methyl sites for hydroxylation is 1. The lowest BCUT2D eigenvalue weighted by molar-refractivity contribution is -0.137. The fourth-order valence-electron chi connectivity index (χ4n) is 1.51. The van der Waals surface area contributed by atoms with Gasteiger partial charge < -0.3 is 11.1 Å². The summed E-state index contributed by atoms with van der Waals surface area (Å²) in [7, 11) is 0. The molecule has 20 heavy (non-hydrogen) atoms. The molecule has 0 saturated heterocycles. The number of nitrogens with two attached hydrogens (primary N) is 1. The van der Waals surface area contributed by atoms with Gasteiger partial charge in [0.1, 0.15) is 0 Å². The molecule has 3 N–H and O–H groups in total. The van der Waals surface area contributed by atoms with Gasteiger partial charge in [-0.3, -0.25) is 4.79 Å². The molecule has 7 heteroatoms. The highest BCUT2D eigenvalue weighted by Crippen LogP contribution is 2.21. The van der Waals surface area contributed by atoms with Gasteiger partial charge >= 0.3 is 12.3 Å². The number of hydrogen-bond donors (Lipinski definition) is 2. The lowest BCUT2D eigenvalue weighted by Gasteiger charge is -2.18. The van der Waals surface area contributed by atoms with Crippen molar-refractivity contribution in [3.63, 3.8) is 0 Å². The first-order chi connectivity index (χ1) is 9.33. The minimum absolute atomic E-state index is 0.246. The number of rotatable bonds is 7. The zero-order valence-electron chi connectivity index (χ0n) is 10.7. The van der Waals surface area contributed by atoms with Gasteiger partial charge in [0.15, 0.2) is 0 Å². The number of amides is 1. The number of hydrogen-bond acceptors (Lipinski definition) is 2. The predicted molar refractivity (Wildman–Crippen MR) is 66.7 cm³/mol. The molecule has 0 aliphatic rings. The maximum atomic E-state index is 12.6. The summed E-state index contributed by atoms with van der Waals surface area (Å²) < 4.78 is 49.0. The summed E-state index contributed by atoms with van der Waals surface area (Å²) in [5.41, 5.74) is 6.48. The van der Waals surface area contributed by atoms with Crippen LogP contribution in [0.3, 0.4) is 0 Å². The highest BCUT2D eigenvalue weighted by atomic mass is 19.3. The highest BCUT2D eigenvalue weighted by molar-refractivity contribution is 5.81. The third-order valence-electron chi connectivity index (χ3n) is 2.74. The topological polar surface area (TPSA) is 55.1 Å². The molecule has 1 rings (SSSR count). The van der Waals surface area contributed by atoms with Crippen molar-refractivity contribution in [2.24, 2.45) is 5.73 Å². The largest absolute Gasteiger partial charge is 0.348 e. The minimum Gasteiger partial charge on any atom is -0.348 e. The monoisotopic (exact) mass is 292 g/mol. The molecule has 3 nitrogen and oxygen atoms in total. The van der Waals surface area contributed by atoms with Crippen molar-refractivity contribution in [2.75, 3.05) is 6.54 Å². The van der Waals surface area contributed by atoms with E-state index in [9.17, 15) is 22.4 Å². The van der Waals surface area contributed by atoms with E-state index < -0.39 is 30.8 Å². The van der Waals surface area contributed by atoms with Crippen molar-refractivity contribution in [2.45, 2.75) is 31.2 Å². The molecule has 0 bridgehead atoms. The van der Waals surface area contributed by atoms with E-state index in [0.29, 0.717) is 6.42 Å². The normalized spacial score (nSPS) is 13.3. The standard InChI is InChI=1S/C13H16F4N2O/c14-12(15)13(16,17)8-19-11(20)10(18)7-6-9-4-2-1-3-5-9/h1-5,10,12H,6-8,18H2,(H,19,20). The Bertz CT molecular complexity index is 426. The van der Waals surface area contributed by atoms with Gasteiger partial charge in [0, 0.05) is 0 Å². The Labute approximate surface area is 114 Å². The molecular formula is C13H16F4N2O. The van der Waals surface area contributed by atoms with Crippen LogP contribution in [0.5, 0.6) is 0 Å². The van der Waals surface area contributed by atoms with Crippen molar-refractivity contribution in [1.29, 1.82) is 0 Å². The first kappa shape index (κ1) is 16.4. The lowest BCUT2D eigenvalue weighted by Crippen LogP contribution is -2.47. The van der Waals surface area contributed by atoms with Gasteiger partial charge in [-0.05, 0) is 18.4 Å². The van der Waals surface area contributed by atoms with Gasteiger partial charge in [-0.1, -0.05) is 30.3 Å². The molecule has 0 heterocycles. The highest BCUT2D eigenvalue weighted by Gasteiger charge is 2.41. The van der Waals surface area contributed by atoms with E-state index in [1.54, 1.807) is 5.32 Å². The summed E-state index contributed by atoms with van der Waals surface area (Å²) in [5, 5.41) is 1.75. The third kappa shape index (κ3) is 5.16. The summed E-state index contributed by atoms with van der Waals surface area (Å²) >= 11 is 0. The molecule has 1 unspecified atom stereocenters. The summed E-state index contributed by atoms with van der Waals surface area (Å²) in [6.07, 6.45) is -3.07. The molecule has 0 radical (unpaired) electrons. The molecule has 1 atom stereocenters. The predicted octanol–water partition coefficient (Wildman–Crippen LogP) is 1.96. The smallest absolute Gasteiger partial charge is 0.324 e. The van der Waals surface area contributed by atoms with Gasteiger partial charge in [0.25, 0.3) is 0 Å². The molecule has 1 aromatic carbocycles. The second-order valence-corrected chi connectivity index (χ2v) is 4.41. The molecule has 0 fully saturated rings. The second kappa shape index (κ2) is 7.23. The Balaban J connectivity index is 2.36. The molecule has 0 saturated carbocycles. The Morgan fingerprint density at radius 2 is 1.85 bits per heavy atom. The van der Waals surface area contributed by atoms with E-state index in [1.807, 2.05) is 30.3 Å². The molecule has 0 aliphatic heterocycles. The second-order valence-electron chi connectivity index (χ2n) is 4.41. The Morgan fingerprint density at radius 3 is 2.40 bits per heavy atom. The van der Waals surface area contributed by atoms with Crippen molar-refractivity contribution < 1.29 is 22.4 Å². The quantitative estimate of drug-likeness (QED) is 0.755. The van der Waals surface area contributed by atoms with Crippen LogP contribution in [-0.2, 0) is 11.2 Å². The number of halogens is 4. The first-order valence-corrected chi connectivity index (χ1v) is 6.06. The molecule has 0 spiro atoms. The van der Waals surface area contributed by atoms with Crippen LogP contribution in [0.1, 0.15) is 12.0 Å². The molecule has 1 amide bonds. The number of carbonyl (C=O) groups is 1. The van der Waals surface area contributed by atoms with Gasteiger partial charge in [0.05, 0.1) is 12.6 Å². The van der Waals surface area contributed by atoms with Gasteiger partial charge in [-0.25, -0.2) is 8.78 Å². The van der Waals surface area contributed by atoms with Crippen LogP contribution in [0.25, 0.3) is 0 Å². The number of alkyl halides is 4. The average molecular weight is 292 g/mol. The van der Waals surface area contributed by atoms with E-state index in [2.05, 4.69) is 0 Å². The molecular weight excluding hydrogens is 276 g/mol. The lowest BCUT2D eigenvalue weighted by atomic mass is 10.1. The van der Waals surface area contributed by atoms with E-state index in [-0.39, 0.29) is 6.42 Å². The van der Waals surface area contributed by atoms with Crippen LogP contribution in [0.2, 0.25) is 0 Å². The van der Waals surface area contributed by atoms with E-state index in [4.69, 9.17) is 5.73 Å². The van der Waals surface area contributed by atoms with Gasteiger partial charge in [-0.15, -0.1) is 0 Å². The number of benzene rings is 1. The number of nitrogens with one attached hydrogen (secondary N) is 1. The van der Waals surface area contributed by atoms with Crippen LogP contribution < -0.4 is 11.1 Å². The van der Waals surface area contributed by atoms with Crippen LogP contribution in [0, 0.1) is 0 Å². The van der Waals surface area contributed by atoms with Crippen LogP contribution in [0.4, 0.5) is 17.6 Å². The first-order valence-electron chi connectivity index (χ1n) is 6.06. The van der Waals surface area contributed by atoms with Crippen LogP contribution in [0.15, 0.2) is 30.3 Å². The van der Waals surface area contributed by atoms with Gasteiger partial charge in [-0.2, -0.15) is 8.78 Å². The Kier molecular flexibility index (Phi) is 5.94. The SMILES string of the molecule is NC(CCc1ccccc1)C(=O)NCC(F)(F)C(F)F. The summed E-state index contributed by atoms with van der Waals surface area (Å²) in [5.74, 6) is -5.10. The molecule has 1 aromatic rings. The van der Waals surface area contributed by atoms with Gasteiger partial charge in [0.2, 0.25) is 5.91 Å².